The van der Waals surface area contributed by atoms with Crippen molar-refractivity contribution in [3.8, 4) is 5.69 Å². The van der Waals surface area contributed by atoms with Crippen molar-refractivity contribution >= 4 is 11.9 Å². The monoisotopic (exact) mass is 510 g/mol. The quantitative estimate of drug-likeness (QED) is 0.490. The van der Waals surface area contributed by atoms with Gasteiger partial charge in [-0.25, -0.2) is 18.3 Å². The Bertz CT molecular complexity index is 1360. The molecule has 0 bridgehead atoms. The molecule has 0 saturated carbocycles. The van der Waals surface area contributed by atoms with Gasteiger partial charge in [-0.1, -0.05) is 6.07 Å². The van der Waals surface area contributed by atoms with Crippen LogP contribution in [0.25, 0.3) is 5.69 Å². The van der Waals surface area contributed by atoms with E-state index in [2.05, 4.69) is 20.4 Å². The number of benzene rings is 2. The molecule has 2 atom stereocenters. The van der Waals surface area contributed by atoms with Crippen LogP contribution in [0.4, 0.5) is 8.78 Å². The summed E-state index contributed by atoms with van der Waals surface area (Å²) in [5.41, 5.74) is 3.42. The Hall–Kier alpha value is -3.77. The Labute approximate surface area is 210 Å². The molecular formula is C25H24F2N6O4. The van der Waals surface area contributed by atoms with Gasteiger partial charge in [0.1, 0.15) is 24.6 Å². The van der Waals surface area contributed by atoms with Crippen molar-refractivity contribution in [3.05, 3.63) is 70.0 Å². The van der Waals surface area contributed by atoms with Gasteiger partial charge in [0, 0.05) is 49.4 Å². The highest BCUT2D eigenvalue weighted by atomic mass is 19.1. The third kappa shape index (κ3) is 4.25. The predicted molar refractivity (Wildman–Crippen MR) is 124 cm³/mol. The molecule has 2 saturated heterocycles. The summed E-state index contributed by atoms with van der Waals surface area (Å²) in [5, 5.41) is 10.6. The average molecular weight is 511 g/mol. The van der Waals surface area contributed by atoms with E-state index in [0.717, 1.165) is 33.5 Å². The van der Waals surface area contributed by atoms with Crippen LogP contribution in [0.15, 0.2) is 30.6 Å². The number of cyclic esters (lactones) is 1. The molecule has 3 aliphatic rings. The number of aromatic nitrogens is 4. The summed E-state index contributed by atoms with van der Waals surface area (Å²) in [7, 11) is 0. The van der Waals surface area contributed by atoms with Crippen LogP contribution in [-0.2, 0) is 27.3 Å². The lowest BCUT2D eigenvalue weighted by Gasteiger charge is -2.46. The van der Waals surface area contributed by atoms with Crippen molar-refractivity contribution in [2.75, 3.05) is 32.8 Å². The van der Waals surface area contributed by atoms with Gasteiger partial charge in [0.15, 0.2) is 0 Å². The van der Waals surface area contributed by atoms with Gasteiger partial charge in [-0.15, -0.1) is 5.10 Å². The number of hydrogen-bond donors (Lipinski definition) is 0. The second-order valence-electron chi connectivity index (χ2n) is 9.51. The highest BCUT2D eigenvalue weighted by Gasteiger charge is 2.37. The van der Waals surface area contributed by atoms with Crippen LogP contribution in [-0.4, -0.2) is 80.7 Å². The van der Waals surface area contributed by atoms with Gasteiger partial charge in [-0.05, 0) is 34.5 Å². The molecule has 3 aliphatic heterocycles. The van der Waals surface area contributed by atoms with Crippen LogP contribution in [0.3, 0.4) is 0 Å². The van der Waals surface area contributed by atoms with E-state index in [1.54, 1.807) is 11.0 Å². The first-order valence-corrected chi connectivity index (χ1v) is 12.0. The van der Waals surface area contributed by atoms with Crippen LogP contribution in [0.1, 0.15) is 38.7 Å². The van der Waals surface area contributed by atoms with Crippen LogP contribution in [0.5, 0.6) is 0 Å². The molecule has 2 aromatic carbocycles. The number of halogens is 2. The number of fused-ring (bicyclic) bond motifs is 2. The molecule has 2 unspecified atom stereocenters. The lowest BCUT2D eigenvalue weighted by molar-refractivity contribution is -0.139. The highest BCUT2D eigenvalue weighted by Crippen LogP contribution is 2.33. The lowest BCUT2D eigenvalue weighted by atomic mass is 9.94. The number of hydrogen-bond acceptors (Lipinski definition) is 8. The van der Waals surface area contributed by atoms with Gasteiger partial charge in [0.05, 0.1) is 36.4 Å². The fraction of sp³-hybridized carbons (Fsp3) is 0.400. The summed E-state index contributed by atoms with van der Waals surface area (Å²) in [5.74, 6) is -2.27. The maximum Gasteiger partial charge on any atom is 0.338 e. The molecule has 3 aromatic rings. The van der Waals surface area contributed by atoms with E-state index in [9.17, 15) is 18.4 Å². The Balaban J connectivity index is 1.10. The predicted octanol–water partition coefficient (Wildman–Crippen LogP) is 1.75. The first-order chi connectivity index (χ1) is 17.9. The van der Waals surface area contributed by atoms with Gasteiger partial charge in [0.2, 0.25) is 5.91 Å². The molecule has 0 N–H and O–H groups in total. The molecule has 0 spiro atoms. The summed E-state index contributed by atoms with van der Waals surface area (Å²) in [4.78, 5) is 28.8. The zero-order valence-corrected chi connectivity index (χ0v) is 20.1. The third-order valence-corrected chi connectivity index (χ3v) is 7.47. The standard InChI is InChI=1S/C25H24F2N6O4/c1-14-17(2-3-18-20(14)12-37-25(18)35)23-10-31-4-5-32(9-16(31)11-36-23)24(34)8-19-21(26)6-15(7-22(19)27)33-13-28-29-30-33/h2-3,6-7,13,16,23H,4-5,8-12H2,1H3. The fourth-order valence-electron chi connectivity index (χ4n) is 5.35. The van der Waals surface area contributed by atoms with E-state index in [-0.39, 0.29) is 48.3 Å². The summed E-state index contributed by atoms with van der Waals surface area (Å²) < 4.78 is 41.9. The smallest absolute Gasteiger partial charge is 0.338 e. The van der Waals surface area contributed by atoms with E-state index in [4.69, 9.17) is 9.47 Å². The molecule has 0 aliphatic carbocycles. The SMILES string of the molecule is Cc1c(C2CN3CCN(C(=O)Cc4c(F)cc(-n5cnnn5)cc4F)CC3CO2)ccc2c1COC2=O. The molecule has 37 heavy (non-hydrogen) atoms. The number of tetrazole rings is 1. The van der Waals surface area contributed by atoms with Crippen molar-refractivity contribution < 1.29 is 27.8 Å². The zero-order valence-electron chi connectivity index (χ0n) is 20.1. The van der Waals surface area contributed by atoms with E-state index >= 15 is 0 Å². The number of morpholine rings is 1. The Kier molecular flexibility index (Phi) is 5.92. The molecule has 192 valence electrons. The van der Waals surface area contributed by atoms with Crippen LogP contribution in [0, 0.1) is 18.6 Å². The normalized spacial score (nSPS) is 21.5. The number of nitrogens with zero attached hydrogens (tertiary/aromatic N) is 6. The Morgan fingerprint density at radius 1 is 1.16 bits per heavy atom. The maximum atomic E-state index is 14.7. The van der Waals surface area contributed by atoms with E-state index in [0.29, 0.717) is 38.3 Å². The van der Waals surface area contributed by atoms with Crippen LogP contribution in [0.2, 0.25) is 0 Å². The van der Waals surface area contributed by atoms with E-state index in [1.165, 1.54) is 6.33 Å². The van der Waals surface area contributed by atoms with Gasteiger partial charge in [-0.2, -0.15) is 0 Å². The zero-order chi connectivity index (χ0) is 25.7. The number of esters is 1. The summed E-state index contributed by atoms with van der Waals surface area (Å²) in [6.07, 6.45) is 0.705. The molecule has 0 radical (unpaired) electrons. The molecule has 10 nitrogen and oxygen atoms in total. The van der Waals surface area contributed by atoms with Crippen molar-refractivity contribution in [2.45, 2.75) is 32.1 Å². The second-order valence-corrected chi connectivity index (χ2v) is 9.51. The highest BCUT2D eigenvalue weighted by molar-refractivity contribution is 5.94. The third-order valence-electron chi connectivity index (χ3n) is 7.47. The largest absolute Gasteiger partial charge is 0.457 e. The number of ether oxygens (including phenoxy) is 2. The molecule has 4 heterocycles. The van der Waals surface area contributed by atoms with Crippen LogP contribution < -0.4 is 0 Å². The van der Waals surface area contributed by atoms with Crippen molar-refractivity contribution in [2.24, 2.45) is 0 Å². The number of carbonyl (C=O) groups excluding carboxylic acids is 2. The number of rotatable bonds is 4. The number of amides is 1. The van der Waals surface area contributed by atoms with E-state index in [1.807, 2.05) is 13.0 Å². The van der Waals surface area contributed by atoms with Gasteiger partial charge >= 0.3 is 5.97 Å². The molecule has 2 fully saturated rings. The van der Waals surface area contributed by atoms with Crippen molar-refractivity contribution in [1.82, 2.24) is 30.0 Å². The minimum Gasteiger partial charge on any atom is -0.457 e. The Morgan fingerprint density at radius 2 is 1.97 bits per heavy atom. The fourth-order valence-corrected chi connectivity index (χ4v) is 5.35. The molecule has 1 amide bonds. The number of carbonyl (C=O) groups is 2. The minimum absolute atomic E-state index is 0.00882. The van der Waals surface area contributed by atoms with Crippen molar-refractivity contribution in [3.63, 3.8) is 0 Å². The van der Waals surface area contributed by atoms with Crippen LogP contribution >= 0.6 is 0 Å². The number of piperazine rings is 1. The summed E-state index contributed by atoms with van der Waals surface area (Å²) >= 11 is 0. The topological polar surface area (TPSA) is 103 Å². The Morgan fingerprint density at radius 3 is 2.73 bits per heavy atom. The minimum atomic E-state index is -0.821. The first kappa shape index (κ1) is 23.6. The molecular weight excluding hydrogens is 486 g/mol. The summed E-state index contributed by atoms with van der Waals surface area (Å²) in [6.45, 7) is 4.85. The van der Waals surface area contributed by atoms with E-state index < -0.39 is 11.6 Å². The van der Waals surface area contributed by atoms with Gasteiger partial charge < -0.3 is 14.4 Å². The molecule has 12 heteroatoms. The molecule has 1 aromatic heterocycles. The van der Waals surface area contributed by atoms with Crippen molar-refractivity contribution in [1.29, 1.82) is 0 Å². The van der Waals surface area contributed by atoms with Gasteiger partial charge in [0.25, 0.3) is 0 Å². The summed E-state index contributed by atoms with van der Waals surface area (Å²) in [6, 6.07) is 5.94. The van der Waals surface area contributed by atoms with Gasteiger partial charge in [-0.3, -0.25) is 9.69 Å². The second kappa shape index (κ2) is 9.27. The lowest BCUT2D eigenvalue weighted by Crippen LogP contribution is -2.59. The maximum absolute atomic E-state index is 14.7. The molecule has 6 rings (SSSR count). The average Bonchev–Trinajstić information content (AvgIpc) is 3.56. The first-order valence-electron chi connectivity index (χ1n) is 12.0.